The number of hydrogen-bond acceptors (Lipinski definition) is 3. The van der Waals surface area contributed by atoms with E-state index in [1.165, 1.54) is 0 Å². The lowest BCUT2D eigenvalue weighted by Crippen LogP contribution is -2.38. The van der Waals surface area contributed by atoms with Crippen molar-refractivity contribution >= 4 is 11.7 Å². The lowest BCUT2D eigenvalue weighted by Gasteiger charge is -2.13. The molecule has 4 heteroatoms. The molecule has 1 aromatic rings. The molecule has 1 aromatic heterocycles. The van der Waals surface area contributed by atoms with Crippen molar-refractivity contribution in [3.63, 3.8) is 0 Å². The van der Waals surface area contributed by atoms with Crippen LogP contribution in [0.2, 0.25) is 0 Å². The quantitative estimate of drug-likeness (QED) is 0.767. The third-order valence-corrected chi connectivity index (χ3v) is 1.97. The van der Waals surface area contributed by atoms with Crippen LogP contribution in [0.1, 0.15) is 20.3 Å². The molecular formula is C11H17N3O. The SMILES string of the molecule is CCCNC(=O)C(C)Nc1ccccn1. The Kier molecular flexibility index (Phi) is 4.60. The monoisotopic (exact) mass is 207 g/mol. The predicted octanol–water partition coefficient (Wildman–Crippen LogP) is 1.41. The lowest BCUT2D eigenvalue weighted by atomic mass is 10.3. The third kappa shape index (κ3) is 3.97. The van der Waals surface area contributed by atoms with Gasteiger partial charge in [-0.25, -0.2) is 4.98 Å². The molecule has 0 aliphatic carbocycles. The van der Waals surface area contributed by atoms with Crippen LogP contribution in [0.5, 0.6) is 0 Å². The van der Waals surface area contributed by atoms with E-state index >= 15 is 0 Å². The van der Waals surface area contributed by atoms with Gasteiger partial charge in [0.15, 0.2) is 0 Å². The molecule has 0 aromatic carbocycles. The molecule has 4 nitrogen and oxygen atoms in total. The number of amides is 1. The maximum atomic E-state index is 11.5. The van der Waals surface area contributed by atoms with Crippen LogP contribution in [0.4, 0.5) is 5.82 Å². The highest BCUT2D eigenvalue weighted by atomic mass is 16.2. The minimum atomic E-state index is -0.258. The summed E-state index contributed by atoms with van der Waals surface area (Å²) in [7, 11) is 0. The fourth-order valence-corrected chi connectivity index (χ4v) is 1.14. The normalized spacial score (nSPS) is 11.9. The second-order valence-electron chi connectivity index (χ2n) is 3.37. The molecule has 1 heterocycles. The van der Waals surface area contributed by atoms with E-state index in [4.69, 9.17) is 0 Å². The summed E-state index contributed by atoms with van der Waals surface area (Å²) in [5.41, 5.74) is 0. The van der Waals surface area contributed by atoms with Crippen LogP contribution in [-0.4, -0.2) is 23.5 Å². The topological polar surface area (TPSA) is 54.0 Å². The molecule has 1 rings (SSSR count). The second-order valence-corrected chi connectivity index (χ2v) is 3.37. The smallest absolute Gasteiger partial charge is 0.242 e. The first-order valence-electron chi connectivity index (χ1n) is 5.19. The van der Waals surface area contributed by atoms with Gasteiger partial charge in [0, 0.05) is 12.7 Å². The summed E-state index contributed by atoms with van der Waals surface area (Å²) in [5.74, 6) is 0.721. The molecule has 1 amide bonds. The maximum Gasteiger partial charge on any atom is 0.242 e. The van der Waals surface area contributed by atoms with E-state index in [0.29, 0.717) is 6.54 Å². The minimum absolute atomic E-state index is 0.00232. The molecule has 82 valence electrons. The first kappa shape index (κ1) is 11.5. The predicted molar refractivity (Wildman–Crippen MR) is 60.6 cm³/mol. The van der Waals surface area contributed by atoms with Gasteiger partial charge < -0.3 is 10.6 Å². The largest absolute Gasteiger partial charge is 0.359 e. The number of aromatic nitrogens is 1. The van der Waals surface area contributed by atoms with Crippen molar-refractivity contribution in [2.24, 2.45) is 0 Å². The zero-order valence-corrected chi connectivity index (χ0v) is 9.16. The Morgan fingerprint density at radius 2 is 2.33 bits per heavy atom. The maximum absolute atomic E-state index is 11.5. The Hall–Kier alpha value is -1.58. The first-order valence-corrected chi connectivity index (χ1v) is 5.19. The van der Waals surface area contributed by atoms with Gasteiger partial charge in [-0.2, -0.15) is 0 Å². The summed E-state index contributed by atoms with van der Waals surface area (Å²) in [4.78, 5) is 15.6. The number of anilines is 1. The molecule has 0 bridgehead atoms. The fraction of sp³-hybridized carbons (Fsp3) is 0.455. The summed E-state index contributed by atoms with van der Waals surface area (Å²) in [6.07, 6.45) is 2.64. The van der Waals surface area contributed by atoms with Crippen LogP contribution in [0.3, 0.4) is 0 Å². The van der Waals surface area contributed by atoms with E-state index in [-0.39, 0.29) is 11.9 Å². The molecule has 0 saturated heterocycles. The van der Waals surface area contributed by atoms with E-state index in [1.807, 2.05) is 32.0 Å². The molecule has 0 aliphatic rings. The van der Waals surface area contributed by atoms with Crippen molar-refractivity contribution in [2.75, 3.05) is 11.9 Å². The zero-order chi connectivity index (χ0) is 11.1. The zero-order valence-electron chi connectivity index (χ0n) is 9.16. The molecule has 0 saturated carbocycles. The molecular weight excluding hydrogens is 190 g/mol. The van der Waals surface area contributed by atoms with Crippen LogP contribution in [0.15, 0.2) is 24.4 Å². The van der Waals surface area contributed by atoms with Crippen molar-refractivity contribution in [2.45, 2.75) is 26.3 Å². The summed E-state index contributed by atoms with van der Waals surface area (Å²) in [6.45, 7) is 4.56. The number of nitrogens with one attached hydrogen (secondary N) is 2. The Bertz CT molecular complexity index is 300. The Balaban J connectivity index is 2.41. The molecule has 0 aliphatic heterocycles. The Morgan fingerprint density at radius 1 is 1.53 bits per heavy atom. The average molecular weight is 207 g/mol. The van der Waals surface area contributed by atoms with Crippen molar-refractivity contribution < 1.29 is 4.79 Å². The van der Waals surface area contributed by atoms with E-state index < -0.39 is 0 Å². The van der Waals surface area contributed by atoms with Gasteiger partial charge in [-0.15, -0.1) is 0 Å². The summed E-state index contributed by atoms with van der Waals surface area (Å²) in [5, 5.41) is 5.85. The summed E-state index contributed by atoms with van der Waals surface area (Å²) >= 11 is 0. The molecule has 15 heavy (non-hydrogen) atoms. The van der Waals surface area contributed by atoms with Crippen molar-refractivity contribution in [1.29, 1.82) is 0 Å². The lowest BCUT2D eigenvalue weighted by molar-refractivity contribution is -0.121. The standard InChI is InChI=1S/C11H17N3O/c1-3-7-13-11(15)9(2)14-10-6-4-5-8-12-10/h4-6,8-9H,3,7H2,1-2H3,(H,12,14)(H,13,15). The van der Waals surface area contributed by atoms with E-state index in [9.17, 15) is 4.79 Å². The van der Waals surface area contributed by atoms with Crippen LogP contribution in [-0.2, 0) is 4.79 Å². The number of nitrogens with zero attached hydrogens (tertiary/aromatic N) is 1. The molecule has 1 unspecified atom stereocenters. The van der Waals surface area contributed by atoms with Crippen molar-refractivity contribution in [3.8, 4) is 0 Å². The molecule has 0 radical (unpaired) electrons. The van der Waals surface area contributed by atoms with Gasteiger partial charge in [-0.3, -0.25) is 4.79 Å². The Labute approximate surface area is 90.1 Å². The van der Waals surface area contributed by atoms with E-state index in [2.05, 4.69) is 15.6 Å². The molecule has 0 spiro atoms. The van der Waals surface area contributed by atoms with E-state index in [0.717, 1.165) is 12.2 Å². The number of hydrogen-bond donors (Lipinski definition) is 2. The van der Waals surface area contributed by atoms with Crippen LogP contribution in [0, 0.1) is 0 Å². The second kappa shape index (κ2) is 6.01. The summed E-state index contributed by atoms with van der Waals surface area (Å²) in [6, 6.07) is 5.30. The van der Waals surface area contributed by atoms with Gasteiger partial charge in [0.25, 0.3) is 0 Å². The molecule has 2 N–H and O–H groups in total. The number of carbonyl (C=O) groups is 1. The first-order chi connectivity index (χ1) is 7.24. The molecule has 0 fully saturated rings. The number of rotatable bonds is 5. The average Bonchev–Trinajstić information content (AvgIpc) is 2.27. The Morgan fingerprint density at radius 3 is 2.93 bits per heavy atom. The van der Waals surface area contributed by atoms with Crippen LogP contribution in [0.25, 0.3) is 0 Å². The van der Waals surface area contributed by atoms with Crippen LogP contribution < -0.4 is 10.6 Å². The highest BCUT2D eigenvalue weighted by Crippen LogP contribution is 2.02. The van der Waals surface area contributed by atoms with Gasteiger partial charge in [-0.05, 0) is 25.5 Å². The third-order valence-electron chi connectivity index (χ3n) is 1.97. The fourth-order valence-electron chi connectivity index (χ4n) is 1.14. The number of carbonyl (C=O) groups excluding carboxylic acids is 1. The van der Waals surface area contributed by atoms with E-state index in [1.54, 1.807) is 6.20 Å². The number of pyridine rings is 1. The van der Waals surface area contributed by atoms with Crippen molar-refractivity contribution in [3.05, 3.63) is 24.4 Å². The van der Waals surface area contributed by atoms with Gasteiger partial charge in [0.1, 0.15) is 11.9 Å². The highest BCUT2D eigenvalue weighted by molar-refractivity contribution is 5.83. The van der Waals surface area contributed by atoms with Gasteiger partial charge in [0.2, 0.25) is 5.91 Å². The van der Waals surface area contributed by atoms with Gasteiger partial charge in [-0.1, -0.05) is 13.0 Å². The highest BCUT2D eigenvalue weighted by Gasteiger charge is 2.11. The van der Waals surface area contributed by atoms with Gasteiger partial charge in [0.05, 0.1) is 0 Å². The van der Waals surface area contributed by atoms with Crippen molar-refractivity contribution in [1.82, 2.24) is 10.3 Å². The van der Waals surface area contributed by atoms with Gasteiger partial charge >= 0.3 is 0 Å². The molecule has 1 atom stereocenters. The van der Waals surface area contributed by atoms with Crippen LogP contribution >= 0.6 is 0 Å². The minimum Gasteiger partial charge on any atom is -0.359 e. The summed E-state index contributed by atoms with van der Waals surface area (Å²) < 4.78 is 0.